The molecule has 2 rings (SSSR count). The molecule has 2 aromatic rings. The van der Waals surface area contributed by atoms with Crippen LogP contribution in [0.15, 0.2) is 18.5 Å². The van der Waals surface area contributed by atoms with Gasteiger partial charge in [0.05, 0.1) is 0 Å². The van der Waals surface area contributed by atoms with Crippen LogP contribution in [0.4, 0.5) is 0 Å². The SMILES string of the molecule is CCC(Cn1ccc2cnc(C)nc21)C(C)C. The molecule has 92 valence electrons. The van der Waals surface area contributed by atoms with Crippen molar-refractivity contribution in [3.8, 4) is 0 Å². The van der Waals surface area contributed by atoms with Crippen molar-refractivity contribution < 1.29 is 0 Å². The summed E-state index contributed by atoms with van der Waals surface area (Å²) in [6.07, 6.45) is 5.25. The molecule has 0 aliphatic carbocycles. The Bertz CT molecular complexity index is 499. The van der Waals surface area contributed by atoms with E-state index < -0.39 is 0 Å². The average molecular weight is 231 g/mol. The van der Waals surface area contributed by atoms with E-state index >= 15 is 0 Å². The number of nitrogens with zero attached hydrogens (tertiary/aromatic N) is 3. The van der Waals surface area contributed by atoms with E-state index in [9.17, 15) is 0 Å². The quantitative estimate of drug-likeness (QED) is 0.807. The first-order chi connectivity index (χ1) is 8.11. The molecule has 0 saturated carbocycles. The Morgan fingerprint density at radius 2 is 2.12 bits per heavy atom. The van der Waals surface area contributed by atoms with Crippen molar-refractivity contribution in [3.05, 3.63) is 24.3 Å². The van der Waals surface area contributed by atoms with Gasteiger partial charge >= 0.3 is 0 Å². The van der Waals surface area contributed by atoms with Crippen LogP contribution in [-0.4, -0.2) is 14.5 Å². The topological polar surface area (TPSA) is 30.7 Å². The van der Waals surface area contributed by atoms with Crippen molar-refractivity contribution in [2.45, 2.75) is 40.7 Å². The maximum atomic E-state index is 4.53. The normalized spacial score (nSPS) is 13.5. The Hall–Kier alpha value is -1.38. The molecule has 0 aromatic carbocycles. The smallest absolute Gasteiger partial charge is 0.143 e. The second kappa shape index (κ2) is 4.86. The van der Waals surface area contributed by atoms with Gasteiger partial charge in [0, 0.05) is 24.3 Å². The second-order valence-corrected chi connectivity index (χ2v) is 5.08. The lowest BCUT2D eigenvalue weighted by atomic mass is 9.93. The van der Waals surface area contributed by atoms with Crippen molar-refractivity contribution in [1.29, 1.82) is 0 Å². The average Bonchev–Trinajstić information content (AvgIpc) is 2.68. The molecule has 0 N–H and O–H groups in total. The van der Waals surface area contributed by atoms with Gasteiger partial charge in [-0.25, -0.2) is 9.97 Å². The van der Waals surface area contributed by atoms with E-state index in [0.717, 1.165) is 23.4 Å². The van der Waals surface area contributed by atoms with Crippen LogP contribution >= 0.6 is 0 Å². The van der Waals surface area contributed by atoms with Crippen LogP contribution < -0.4 is 0 Å². The zero-order chi connectivity index (χ0) is 12.4. The van der Waals surface area contributed by atoms with Crippen molar-refractivity contribution in [2.24, 2.45) is 11.8 Å². The van der Waals surface area contributed by atoms with E-state index in [2.05, 4.69) is 47.6 Å². The highest BCUT2D eigenvalue weighted by molar-refractivity contribution is 5.74. The monoisotopic (exact) mass is 231 g/mol. The van der Waals surface area contributed by atoms with E-state index in [4.69, 9.17) is 0 Å². The summed E-state index contributed by atoms with van der Waals surface area (Å²) in [5.41, 5.74) is 1.07. The number of rotatable bonds is 4. The second-order valence-electron chi connectivity index (χ2n) is 5.08. The summed E-state index contributed by atoms with van der Waals surface area (Å²) in [6, 6.07) is 2.10. The predicted octanol–water partition coefficient (Wildman–Crippen LogP) is 3.42. The number of hydrogen-bond donors (Lipinski definition) is 0. The van der Waals surface area contributed by atoms with Crippen molar-refractivity contribution in [2.75, 3.05) is 0 Å². The largest absolute Gasteiger partial charge is 0.332 e. The molecule has 0 saturated heterocycles. The Morgan fingerprint density at radius 1 is 1.35 bits per heavy atom. The highest BCUT2D eigenvalue weighted by Gasteiger charge is 2.13. The van der Waals surface area contributed by atoms with Crippen LogP contribution in [-0.2, 0) is 6.54 Å². The highest BCUT2D eigenvalue weighted by atomic mass is 15.1. The molecule has 0 amide bonds. The van der Waals surface area contributed by atoms with Crippen LogP contribution in [0.1, 0.15) is 33.0 Å². The minimum atomic E-state index is 0.709. The first-order valence-corrected chi connectivity index (χ1v) is 6.40. The summed E-state index contributed by atoms with van der Waals surface area (Å²) < 4.78 is 2.26. The molecule has 2 aromatic heterocycles. The zero-order valence-electron chi connectivity index (χ0n) is 11.1. The summed E-state index contributed by atoms with van der Waals surface area (Å²) in [4.78, 5) is 8.76. The molecule has 0 radical (unpaired) electrons. The van der Waals surface area contributed by atoms with Crippen molar-refractivity contribution in [3.63, 3.8) is 0 Å². The van der Waals surface area contributed by atoms with Gasteiger partial charge in [-0.3, -0.25) is 0 Å². The maximum absolute atomic E-state index is 4.53. The van der Waals surface area contributed by atoms with Crippen molar-refractivity contribution in [1.82, 2.24) is 14.5 Å². The lowest BCUT2D eigenvalue weighted by Gasteiger charge is -2.19. The summed E-state index contributed by atoms with van der Waals surface area (Å²) in [5.74, 6) is 2.26. The minimum absolute atomic E-state index is 0.709. The van der Waals surface area contributed by atoms with Gasteiger partial charge in [0.2, 0.25) is 0 Å². The lowest BCUT2D eigenvalue weighted by molar-refractivity contribution is 0.328. The molecule has 0 aliphatic heterocycles. The molecular formula is C14H21N3. The fraction of sp³-hybridized carbons (Fsp3) is 0.571. The van der Waals surface area contributed by atoms with Crippen LogP contribution in [0.2, 0.25) is 0 Å². The van der Waals surface area contributed by atoms with E-state index in [1.54, 1.807) is 0 Å². The van der Waals surface area contributed by atoms with E-state index in [-0.39, 0.29) is 0 Å². The molecule has 0 fully saturated rings. The number of aromatic nitrogens is 3. The van der Waals surface area contributed by atoms with E-state index in [0.29, 0.717) is 11.8 Å². The van der Waals surface area contributed by atoms with Crippen LogP contribution in [0.5, 0.6) is 0 Å². The fourth-order valence-electron chi connectivity index (χ4n) is 2.27. The number of hydrogen-bond acceptors (Lipinski definition) is 2. The van der Waals surface area contributed by atoms with Gasteiger partial charge in [0.1, 0.15) is 11.5 Å². The van der Waals surface area contributed by atoms with Gasteiger partial charge < -0.3 is 4.57 Å². The molecule has 17 heavy (non-hydrogen) atoms. The molecular weight excluding hydrogens is 210 g/mol. The van der Waals surface area contributed by atoms with Gasteiger partial charge in [0.15, 0.2) is 0 Å². The van der Waals surface area contributed by atoms with Gasteiger partial charge in [-0.15, -0.1) is 0 Å². The van der Waals surface area contributed by atoms with Crippen molar-refractivity contribution >= 4 is 11.0 Å². The van der Waals surface area contributed by atoms with Gasteiger partial charge in [-0.05, 0) is 24.8 Å². The predicted molar refractivity (Wildman–Crippen MR) is 70.9 cm³/mol. The molecule has 0 bridgehead atoms. The summed E-state index contributed by atoms with van der Waals surface area (Å²) in [7, 11) is 0. The van der Waals surface area contributed by atoms with Gasteiger partial charge in [-0.1, -0.05) is 27.2 Å². The minimum Gasteiger partial charge on any atom is -0.332 e. The maximum Gasteiger partial charge on any atom is 0.143 e. The Morgan fingerprint density at radius 3 is 2.76 bits per heavy atom. The third-order valence-corrected chi connectivity index (χ3v) is 3.52. The fourth-order valence-corrected chi connectivity index (χ4v) is 2.27. The first-order valence-electron chi connectivity index (χ1n) is 6.40. The molecule has 3 heteroatoms. The first kappa shape index (κ1) is 12.1. The zero-order valence-corrected chi connectivity index (χ0v) is 11.1. The van der Waals surface area contributed by atoms with Crippen LogP contribution in [0.25, 0.3) is 11.0 Å². The van der Waals surface area contributed by atoms with Crippen LogP contribution in [0, 0.1) is 18.8 Å². The summed E-state index contributed by atoms with van der Waals surface area (Å²) in [5, 5.41) is 1.13. The van der Waals surface area contributed by atoms with Crippen LogP contribution in [0.3, 0.4) is 0 Å². The summed E-state index contributed by atoms with van der Waals surface area (Å²) >= 11 is 0. The molecule has 3 nitrogen and oxygen atoms in total. The molecule has 0 spiro atoms. The molecule has 0 aliphatic rings. The third-order valence-electron chi connectivity index (χ3n) is 3.52. The Balaban J connectivity index is 2.32. The third kappa shape index (κ3) is 2.48. The van der Waals surface area contributed by atoms with Gasteiger partial charge in [0.25, 0.3) is 0 Å². The van der Waals surface area contributed by atoms with E-state index in [1.807, 2.05) is 13.1 Å². The van der Waals surface area contributed by atoms with Gasteiger partial charge in [-0.2, -0.15) is 0 Å². The molecule has 1 atom stereocenters. The number of aryl methyl sites for hydroxylation is 1. The Kier molecular flexibility index (Phi) is 3.46. The van der Waals surface area contributed by atoms with E-state index in [1.165, 1.54) is 6.42 Å². The molecule has 2 heterocycles. The standard InChI is InChI=1S/C14H21N3/c1-5-12(10(2)3)9-17-7-6-13-8-15-11(4)16-14(13)17/h6-8,10,12H,5,9H2,1-4H3. The lowest BCUT2D eigenvalue weighted by Crippen LogP contribution is -2.15. The summed E-state index contributed by atoms with van der Waals surface area (Å²) in [6.45, 7) is 9.83. The Labute approximate surface area is 103 Å². The highest BCUT2D eigenvalue weighted by Crippen LogP contribution is 2.20. The number of fused-ring (bicyclic) bond motifs is 1. The molecule has 1 unspecified atom stereocenters.